The third-order valence-corrected chi connectivity index (χ3v) is 7.86. The van der Waals surface area contributed by atoms with Gasteiger partial charge in [-0.25, -0.2) is 8.42 Å². The van der Waals surface area contributed by atoms with Crippen molar-refractivity contribution >= 4 is 38.9 Å². The molecule has 1 N–H and O–H groups in total. The van der Waals surface area contributed by atoms with Crippen LogP contribution in [0, 0.1) is 0 Å². The van der Waals surface area contributed by atoms with Crippen LogP contribution in [0.15, 0.2) is 95.9 Å². The van der Waals surface area contributed by atoms with E-state index in [1.807, 2.05) is 25.1 Å². The lowest BCUT2D eigenvalue weighted by molar-refractivity contribution is -0.114. The Balaban J connectivity index is 1.68. The number of ether oxygens (including phenoxy) is 4. The minimum Gasteiger partial charge on any atom is -0.494 e. The molecule has 0 unspecified atom stereocenters. The van der Waals surface area contributed by atoms with Gasteiger partial charge in [-0.05, 0) is 73.7 Å². The summed E-state index contributed by atoms with van der Waals surface area (Å²) in [6, 6.07) is 24.4. The molecular weight excluding hydrogens is 568 g/mol. The summed E-state index contributed by atoms with van der Waals surface area (Å²) in [4.78, 5) is 13.3. The van der Waals surface area contributed by atoms with Crippen molar-refractivity contribution in [2.75, 3.05) is 37.0 Å². The van der Waals surface area contributed by atoms with Crippen LogP contribution in [0.2, 0.25) is 5.02 Å². The molecule has 0 aromatic heterocycles. The highest BCUT2D eigenvalue weighted by atomic mass is 35.5. The van der Waals surface area contributed by atoms with E-state index in [0.717, 1.165) is 4.31 Å². The van der Waals surface area contributed by atoms with Crippen LogP contribution in [-0.4, -0.2) is 41.7 Å². The largest absolute Gasteiger partial charge is 0.494 e. The fourth-order valence-corrected chi connectivity index (χ4v) is 5.53. The predicted octanol–water partition coefficient (Wildman–Crippen LogP) is 6.38. The number of sulfonamides is 1. The number of halogens is 1. The molecule has 0 radical (unpaired) electrons. The van der Waals surface area contributed by atoms with Crippen LogP contribution in [0.5, 0.6) is 28.7 Å². The first kappa shape index (κ1) is 29.6. The fourth-order valence-electron chi connectivity index (χ4n) is 3.92. The number of carbonyl (C=O) groups excluding carboxylic acids is 1. The van der Waals surface area contributed by atoms with Crippen molar-refractivity contribution in [2.45, 2.75) is 11.8 Å². The molecule has 11 heteroatoms. The highest BCUT2D eigenvalue weighted by Crippen LogP contribution is 2.34. The average molecular weight is 597 g/mol. The van der Waals surface area contributed by atoms with Gasteiger partial charge in [0, 0.05) is 11.1 Å². The van der Waals surface area contributed by atoms with Crippen molar-refractivity contribution in [2.24, 2.45) is 0 Å². The van der Waals surface area contributed by atoms with E-state index < -0.39 is 22.5 Å². The molecule has 41 heavy (non-hydrogen) atoms. The van der Waals surface area contributed by atoms with Gasteiger partial charge in [0.2, 0.25) is 5.91 Å². The maximum Gasteiger partial charge on any atom is 0.264 e. The molecule has 0 spiro atoms. The number of rotatable bonds is 12. The van der Waals surface area contributed by atoms with Gasteiger partial charge < -0.3 is 24.3 Å². The molecule has 0 heterocycles. The van der Waals surface area contributed by atoms with Gasteiger partial charge in [-0.2, -0.15) is 0 Å². The standard InChI is InChI=1S/C30H29ClN2O7S/c1-4-39-23-13-11-22(12-14-23)33(41(35,36)25-15-17-28(37-2)29(19-25)38-3)20-30(34)32-26-18-21(31)10-16-27(26)40-24-8-6-5-7-9-24/h5-19H,4,20H2,1-3H3,(H,32,34). The van der Waals surface area contributed by atoms with Crippen LogP contribution < -0.4 is 28.6 Å². The minimum atomic E-state index is -4.25. The van der Waals surface area contributed by atoms with Crippen LogP contribution >= 0.6 is 11.6 Å². The van der Waals surface area contributed by atoms with E-state index in [-0.39, 0.29) is 22.0 Å². The van der Waals surface area contributed by atoms with E-state index in [1.165, 1.54) is 38.5 Å². The topological polar surface area (TPSA) is 103 Å². The van der Waals surface area contributed by atoms with Crippen molar-refractivity contribution in [1.29, 1.82) is 0 Å². The normalized spacial score (nSPS) is 10.9. The van der Waals surface area contributed by atoms with Crippen molar-refractivity contribution in [3.8, 4) is 28.7 Å². The highest BCUT2D eigenvalue weighted by Gasteiger charge is 2.29. The van der Waals surface area contributed by atoms with Gasteiger partial charge in [-0.15, -0.1) is 0 Å². The van der Waals surface area contributed by atoms with Crippen LogP contribution in [0.3, 0.4) is 0 Å². The first-order valence-electron chi connectivity index (χ1n) is 12.5. The summed E-state index contributed by atoms with van der Waals surface area (Å²) < 4.78 is 50.8. The van der Waals surface area contributed by atoms with Gasteiger partial charge in [-0.1, -0.05) is 29.8 Å². The van der Waals surface area contributed by atoms with Gasteiger partial charge in [-0.3, -0.25) is 9.10 Å². The molecule has 0 aliphatic heterocycles. The van der Waals surface area contributed by atoms with Crippen LogP contribution in [0.1, 0.15) is 6.92 Å². The first-order chi connectivity index (χ1) is 19.7. The van der Waals surface area contributed by atoms with Crippen LogP contribution in [-0.2, 0) is 14.8 Å². The Morgan fingerprint density at radius 1 is 0.829 bits per heavy atom. The Morgan fingerprint density at radius 2 is 1.51 bits per heavy atom. The number of carbonyl (C=O) groups is 1. The highest BCUT2D eigenvalue weighted by molar-refractivity contribution is 7.92. The second kappa shape index (κ2) is 13.3. The molecule has 0 fully saturated rings. The molecule has 0 saturated heterocycles. The number of methoxy groups -OCH3 is 2. The first-order valence-corrected chi connectivity index (χ1v) is 14.4. The molecule has 4 aromatic carbocycles. The number of hydrogen-bond acceptors (Lipinski definition) is 7. The molecule has 214 valence electrons. The van der Waals surface area contributed by atoms with E-state index >= 15 is 0 Å². The molecule has 0 aliphatic rings. The molecule has 9 nitrogen and oxygen atoms in total. The monoisotopic (exact) mass is 596 g/mol. The fraction of sp³-hybridized carbons (Fsp3) is 0.167. The zero-order valence-electron chi connectivity index (χ0n) is 22.7. The van der Waals surface area contributed by atoms with E-state index in [4.69, 9.17) is 30.5 Å². The summed E-state index contributed by atoms with van der Waals surface area (Å²) in [5, 5.41) is 3.11. The number of para-hydroxylation sites is 1. The lowest BCUT2D eigenvalue weighted by atomic mass is 10.2. The minimum absolute atomic E-state index is 0.0901. The molecule has 4 rings (SSSR count). The molecule has 0 aliphatic carbocycles. The summed E-state index contributed by atoms with van der Waals surface area (Å²) in [6.07, 6.45) is 0. The van der Waals surface area contributed by atoms with Gasteiger partial charge in [0.25, 0.3) is 10.0 Å². The number of hydrogen-bond donors (Lipinski definition) is 1. The Labute approximate surface area is 244 Å². The lowest BCUT2D eigenvalue weighted by Crippen LogP contribution is -2.38. The SMILES string of the molecule is CCOc1ccc(N(CC(=O)Nc2cc(Cl)ccc2Oc2ccccc2)S(=O)(=O)c2ccc(OC)c(OC)c2)cc1. The van der Waals surface area contributed by atoms with E-state index in [2.05, 4.69) is 5.32 Å². The lowest BCUT2D eigenvalue weighted by Gasteiger charge is -2.25. The van der Waals surface area contributed by atoms with E-state index in [9.17, 15) is 13.2 Å². The van der Waals surface area contributed by atoms with E-state index in [0.29, 0.717) is 34.6 Å². The van der Waals surface area contributed by atoms with Crippen molar-refractivity contribution in [1.82, 2.24) is 0 Å². The molecule has 1 amide bonds. The third-order valence-electron chi connectivity index (χ3n) is 5.85. The Hall–Kier alpha value is -4.41. The number of anilines is 2. The maximum atomic E-state index is 13.9. The number of nitrogens with one attached hydrogen (secondary N) is 1. The van der Waals surface area contributed by atoms with Crippen molar-refractivity contribution < 1.29 is 32.2 Å². The van der Waals surface area contributed by atoms with Gasteiger partial charge in [0.1, 0.15) is 18.0 Å². The summed E-state index contributed by atoms with van der Waals surface area (Å²) in [5.41, 5.74) is 0.534. The summed E-state index contributed by atoms with van der Waals surface area (Å²) >= 11 is 6.20. The molecule has 4 aromatic rings. The van der Waals surface area contributed by atoms with Crippen LogP contribution in [0.25, 0.3) is 0 Å². The van der Waals surface area contributed by atoms with Gasteiger partial charge in [0.05, 0.1) is 37.1 Å². The molecule has 0 atom stereocenters. The Kier molecular flexibility index (Phi) is 9.59. The third kappa shape index (κ3) is 7.22. The van der Waals surface area contributed by atoms with Crippen molar-refractivity contribution in [3.63, 3.8) is 0 Å². The molecule has 0 saturated carbocycles. The second-order valence-electron chi connectivity index (χ2n) is 8.56. The van der Waals surface area contributed by atoms with Gasteiger partial charge in [0.15, 0.2) is 17.2 Å². The summed E-state index contributed by atoms with van der Waals surface area (Å²) in [6.45, 7) is 1.74. The zero-order chi connectivity index (χ0) is 29.4. The average Bonchev–Trinajstić information content (AvgIpc) is 2.98. The number of nitrogens with zero attached hydrogens (tertiary/aromatic N) is 1. The Morgan fingerprint density at radius 3 is 2.17 bits per heavy atom. The Bertz CT molecular complexity index is 1600. The van der Waals surface area contributed by atoms with E-state index in [1.54, 1.807) is 48.5 Å². The zero-order valence-corrected chi connectivity index (χ0v) is 24.2. The van der Waals surface area contributed by atoms with Crippen molar-refractivity contribution in [3.05, 3.63) is 96.0 Å². The number of benzene rings is 4. The smallest absolute Gasteiger partial charge is 0.264 e. The van der Waals surface area contributed by atoms with Gasteiger partial charge >= 0.3 is 0 Å². The summed E-state index contributed by atoms with van der Waals surface area (Å²) in [7, 11) is -1.39. The summed E-state index contributed by atoms with van der Waals surface area (Å²) in [5.74, 6) is 1.42. The molecule has 0 bridgehead atoms. The number of amides is 1. The maximum absolute atomic E-state index is 13.9. The predicted molar refractivity (Wildman–Crippen MR) is 158 cm³/mol. The quantitative estimate of drug-likeness (QED) is 0.202. The van der Waals surface area contributed by atoms with Crippen LogP contribution in [0.4, 0.5) is 11.4 Å². The molecular formula is C30H29ClN2O7S. The second-order valence-corrected chi connectivity index (χ2v) is 10.9.